The lowest BCUT2D eigenvalue weighted by Crippen LogP contribution is -1.97. The maximum absolute atomic E-state index is 12.8. The zero-order chi connectivity index (χ0) is 12.5. The Bertz CT molecular complexity index is 515. The SMILES string of the molecule is Fc1ccc(-c2cccc(C(Br)(Br)Br)c2)cc1. The molecule has 0 N–H and O–H groups in total. The van der Waals surface area contributed by atoms with Crippen LogP contribution in [0.25, 0.3) is 11.1 Å². The molecule has 2 rings (SSSR count). The highest BCUT2D eigenvalue weighted by atomic mass is 80.0. The average Bonchev–Trinajstić information content (AvgIpc) is 2.29. The van der Waals surface area contributed by atoms with Gasteiger partial charge < -0.3 is 0 Å². The number of hydrogen-bond acceptors (Lipinski definition) is 0. The van der Waals surface area contributed by atoms with Gasteiger partial charge in [-0.05, 0) is 34.9 Å². The van der Waals surface area contributed by atoms with Crippen molar-refractivity contribution in [3.63, 3.8) is 0 Å². The van der Waals surface area contributed by atoms with Gasteiger partial charge in [-0.2, -0.15) is 0 Å². The molecule has 0 fully saturated rings. The number of halogens is 4. The summed E-state index contributed by atoms with van der Waals surface area (Å²) in [6.45, 7) is 0. The van der Waals surface area contributed by atoms with Crippen molar-refractivity contribution in [2.75, 3.05) is 0 Å². The molecule has 4 heteroatoms. The van der Waals surface area contributed by atoms with Crippen molar-refractivity contribution >= 4 is 47.8 Å². The number of hydrogen-bond donors (Lipinski definition) is 0. The first-order valence-electron chi connectivity index (χ1n) is 4.90. The van der Waals surface area contributed by atoms with Crippen LogP contribution in [-0.2, 0) is 2.14 Å². The first-order valence-corrected chi connectivity index (χ1v) is 7.28. The summed E-state index contributed by atoms with van der Waals surface area (Å²) < 4.78 is 12.4. The Morgan fingerprint density at radius 3 is 2.06 bits per heavy atom. The Hall–Kier alpha value is -0.190. The lowest BCUT2D eigenvalue weighted by atomic mass is 10.0. The molecule has 0 saturated carbocycles. The van der Waals surface area contributed by atoms with Crippen molar-refractivity contribution in [3.8, 4) is 11.1 Å². The Morgan fingerprint density at radius 1 is 0.824 bits per heavy atom. The van der Waals surface area contributed by atoms with Crippen LogP contribution < -0.4 is 0 Å². The standard InChI is InChI=1S/C13H8Br3F/c14-13(15,16)11-3-1-2-10(8-11)9-4-6-12(17)7-5-9/h1-8H. The molecule has 0 bridgehead atoms. The molecule has 0 amide bonds. The Labute approximate surface area is 125 Å². The van der Waals surface area contributed by atoms with Crippen molar-refractivity contribution in [3.05, 3.63) is 59.9 Å². The number of alkyl halides is 3. The fraction of sp³-hybridized carbons (Fsp3) is 0.0769. The van der Waals surface area contributed by atoms with Gasteiger partial charge in [0.1, 0.15) is 5.82 Å². The molecule has 0 aliphatic rings. The first kappa shape index (κ1) is 13.2. The predicted octanol–water partition coefficient (Wildman–Crippen LogP) is 5.79. The highest BCUT2D eigenvalue weighted by Crippen LogP contribution is 2.45. The summed E-state index contributed by atoms with van der Waals surface area (Å²) in [4.78, 5) is 0. The molecule has 0 unspecified atom stereocenters. The lowest BCUT2D eigenvalue weighted by Gasteiger charge is -2.13. The van der Waals surface area contributed by atoms with E-state index in [0.29, 0.717) is 0 Å². The van der Waals surface area contributed by atoms with Crippen LogP contribution in [0.4, 0.5) is 4.39 Å². The van der Waals surface area contributed by atoms with E-state index in [1.165, 1.54) is 12.1 Å². The lowest BCUT2D eigenvalue weighted by molar-refractivity contribution is 0.628. The summed E-state index contributed by atoms with van der Waals surface area (Å²) in [6.07, 6.45) is 0. The molecule has 88 valence electrons. The topological polar surface area (TPSA) is 0 Å². The summed E-state index contributed by atoms with van der Waals surface area (Å²) in [5.74, 6) is -0.222. The third-order valence-corrected chi connectivity index (χ3v) is 3.74. The maximum atomic E-state index is 12.8. The monoisotopic (exact) mass is 420 g/mol. The van der Waals surface area contributed by atoms with Crippen molar-refractivity contribution < 1.29 is 4.39 Å². The minimum Gasteiger partial charge on any atom is -0.207 e. The summed E-state index contributed by atoms with van der Waals surface area (Å²) in [6, 6.07) is 14.5. The number of rotatable bonds is 1. The van der Waals surface area contributed by atoms with E-state index in [1.54, 1.807) is 12.1 Å². The highest BCUT2D eigenvalue weighted by Gasteiger charge is 2.20. The Balaban J connectivity index is 2.43. The minimum absolute atomic E-state index is 0.222. The number of benzene rings is 2. The van der Waals surface area contributed by atoms with E-state index in [9.17, 15) is 4.39 Å². The fourth-order valence-electron chi connectivity index (χ4n) is 1.52. The van der Waals surface area contributed by atoms with Crippen LogP contribution in [0.1, 0.15) is 5.56 Å². The van der Waals surface area contributed by atoms with E-state index in [-0.39, 0.29) is 5.82 Å². The molecular weight excluding hydrogens is 415 g/mol. The van der Waals surface area contributed by atoms with Gasteiger partial charge in [-0.25, -0.2) is 4.39 Å². The molecule has 0 aliphatic carbocycles. The van der Waals surface area contributed by atoms with E-state index < -0.39 is 2.14 Å². The zero-order valence-electron chi connectivity index (χ0n) is 8.63. The molecule has 17 heavy (non-hydrogen) atoms. The quantitative estimate of drug-likeness (QED) is 0.510. The molecule has 0 nitrogen and oxygen atoms in total. The first-order chi connectivity index (χ1) is 7.97. The Kier molecular flexibility index (Phi) is 4.06. The van der Waals surface area contributed by atoms with Crippen molar-refractivity contribution in [1.82, 2.24) is 0 Å². The van der Waals surface area contributed by atoms with Crippen LogP contribution in [0.2, 0.25) is 0 Å². The average molecular weight is 423 g/mol. The van der Waals surface area contributed by atoms with E-state index in [0.717, 1.165) is 16.7 Å². The van der Waals surface area contributed by atoms with Crippen LogP contribution in [0, 0.1) is 5.82 Å². The highest BCUT2D eigenvalue weighted by molar-refractivity contribution is 9.38. The normalized spacial score (nSPS) is 11.5. The second-order valence-corrected chi connectivity index (χ2v) is 10.3. The second-order valence-electron chi connectivity index (χ2n) is 3.59. The van der Waals surface area contributed by atoms with E-state index in [2.05, 4.69) is 47.8 Å². The second kappa shape index (κ2) is 5.21. The van der Waals surface area contributed by atoms with Gasteiger partial charge in [-0.15, -0.1) is 0 Å². The fourth-order valence-corrected chi connectivity index (χ4v) is 2.26. The molecule has 2 aromatic rings. The summed E-state index contributed by atoms with van der Waals surface area (Å²) in [5.41, 5.74) is 3.08. The van der Waals surface area contributed by atoms with E-state index >= 15 is 0 Å². The third-order valence-electron chi connectivity index (χ3n) is 2.37. The van der Waals surface area contributed by atoms with Crippen molar-refractivity contribution in [1.29, 1.82) is 0 Å². The minimum atomic E-state index is -0.428. The Morgan fingerprint density at radius 2 is 1.47 bits per heavy atom. The van der Waals surface area contributed by atoms with Gasteiger partial charge >= 0.3 is 0 Å². The van der Waals surface area contributed by atoms with Gasteiger partial charge in [0.25, 0.3) is 0 Å². The van der Waals surface area contributed by atoms with Gasteiger partial charge in [0.15, 0.2) is 2.14 Å². The van der Waals surface area contributed by atoms with Crippen molar-refractivity contribution in [2.24, 2.45) is 0 Å². The molecule has 0 aromatic heterocycles. The molecule has 0 atom stereocenters. The van der Waals surface area contributed by atoms with Gasteiger partial charge in [-0.3, -0.25) is 0 Å². The van der Waals surface area contributed by atoms with Crippen LogP contribution in [0.5, 0.6) is 0 Å². The van der Waals surface area contributed by atoms with Gasteiger partial charge in [0, 0.05) is 0 Å². The summed E-state index contributed by atoms with van der Waals surface area (Å²) in [5, 5.41) is 0. The predicted molar refractivity (Wildman–Crippen MR) is 80.3 cm³/mol. The van der Waals surface area contributed by atoms with Gasteiger partial charge in [0.2, 0.25) is 0 Å². The molecule has 0 saturated heterocycles. The van der Waals surface area contributed by atoms with Crippen LogP contribution in [0.3, 0.4) is 0 Å². The summed E-state index contributed by atoms with van der Waals surface area (Å²) >= 11 is 10.4. The largest absolute Gasteiger partial charge is 0.207 e. The summed E-state index contributed by atoms with van der Waals surface area (Å²) in [7, 11) is 0. The smallest absolute Gasteiger partial charge is 0.159 e. The van der Waals surface area contributed by atoms with Crippen LogP contribution in [0.15, 0.2) is 48.5 Å². The molecule has 0 aliphatic heterocycles. The molecule has 0 heterocycles. The van der Waals surface area contributed by atoms with Gasteiger partial charge in [0.05, 0.1) is 0 Å². The molecule has 0 radical (unpaired) electrons. The third kappa shape index (κ3) is 3.39. The maximum Gasteiger partial charge on any atom is 0.159 e. The van der Waals surface area contributed by atoms with Crippen molar-refractivity contribution in [2.45, 2.75) is 2.14 Å². The van der Waals surface area contributed by atoms with Crippen LogP contribution in [-0.4, -0.2) is 0 Å². The van der Waals surface area contributed by atoms with E-state index in [1.807, 2.05) is 24.3 Å². The zero-order valence-corrected chi connectivity index (χ0v) is 13.4. The molecule has 0 spiro atoms. The molecule has 2 aromatic carbocycles. The van der Waals surface area contributed by atoms with Crippen LogP contribution >= 0.6 is 47.8 Å². The molecular formula is C13H8Br3F. The van der Waals surface area contributed by atoms with E-state index in [4.69, 9.17) is 0 Å². The van der Waals surface area contributed by atoms with Gasteiger partial charge in [-0.1, -0.05) is 78.1 Å².